The lowest BCUT2D eigenvalue weighted by Gasteiger charge is -2.23. The maximum absolute atomic E-state index is 13.3. The molecule has 1 heterocycles. The van der Waals surface area contributed by atoms with Crippen molar-refractivity contribution < 1.29 is 14.7 Å². The fourth-order valence-electron chi connectivity index (χ4n) is 4.08. The number of hydrogen-bond acceptors (Lipinski definition) is 3. The number of benzene rings is 3. The van der Waals surface area contributed by atoms with Crippen LogP contribution >= 0.6 is 0 Å². The van der Waals surface area contributed by atoms with E-state index in [9.17, 15) is 14.7 Å². The maximum atomic E-state index is 13.3. The Balaban J connectivity index is 1.62. The topological polar surface area (TPSA) is 57.6 Å². The van der Waals surface area contributed by atoms with Crippen molar-refractivity contribution >= 4 is 17.4 Å². The molecule has 0 radical (unpaired) electrons. The van der Waals surface area contributed by atoms with Crippen molar-refractivity contribution in [1.29, 1.82) is 0 Å². The average Bonchev–Trinajstić information content (AvgIpc) is 2.97. The predicted molar refractivity (Wildman–Crippen MR) is 117 cm³/mol. The summed E-state index contributed by atoms with van der Waals surface area (Å²) in [6, 6.07) is 24.2. The molecule has 1 atom stereocenters. The van der Waals surface area contributed by atoms with Crippen molar-refractivity contribution in [2.75, 3.05) is 4.90 Å². The second kappa shape index (κ2) is 8.25. The molecule has 0 saturated heterocycles. The third-order valence-electron chi connectivity index (χ3n) is 5.65. The highest BCUT2D eigenvalue weighted by atomic mass is 16.3. The van der Waals surface area contributed by atoms with Gasteiger partial charge >= 0.3 is 0 Å². The van der Waals surface area contributed by atoms with Gasteiger partial charge in [-0.2, -0.15) is 0 Å². The maximum Gasteiger partial charge on any atom is 0.264 e. The molecule has 0 saturated carbocycles. The fourth-order valence-corrected chi connectivity index (χ4v) is 4.08. The van der Waals surface area contributed by atoms with Gasteiger partial charge < -0.3 is 10.0 Å². The number of anilines is 1. The summed E-state index contributed by atoms with van der Waals surface area (Å²) >= 11 is 0. The summed E-state index contributed by atoms with van der Waals surface area (Å²) in [6.45, 7) is 2.46. The zero-order valence-electron chi connectivity index (χ0n) is 17.0. The Morgan fingerprint density at radius 2 is 1.57 bits per heavy atom. The number of hydrogen-bond donors (Lipinski definition) is 1. The molecule has 1 amide bonds. The van der Waals surface area contributed by atoms with Crippen LogP contribution < -0.4 is 4.90 Å². The van der Waals surface area contributed by atoms with Crippen molar-refractivity contribution in [3.63, 3.8) is 0 Å². The summed E-state index contributed by atoms with van der Waals surface area (Å²) in [5.41, 5.74) is 1.92. The number of carbonyl (C=O) groups is 2. The highest BCUT2D eigenvalue weighted by molar-refractivity contribution is 6.10. The first-order chi connectivity index (χ1) is 14.5. The molecule has 0 spiro atoms. The van der Waals surface area contributed by atoms with E-state index in [1.807, 2.05) is 54.6 Å². The van der Waals surface area contributed by atoms with Crippen LogP contribution in [0.4, 0.5) is 5.69 Å². The van der Waals surface area contributed by atoms with Crippen LogP contribution in [0.15, 0.2) is 78.9 Å². The Kier molecular flexibility index (Phi) is 5.51. The van der Waals surface area contributed by atoms with Crippen molar-refractivity contribution in [1.82, 2.24) is 0 Å². The van der Waals surface area contributed by atoms with Gasteiger partial charge in [0.1, 0.15) is 0 Å². The van der Waals surface area contributed by atoms with Crippen LogP contribution in [-0.2, 0) is 23.4 Å². The first-order valence-electron chi connectivity index (χ1n) is 10.3. The molecule has 1 N–H and O–H groups in total. The summed E-state index contributed by atoms with van der Waals surface area (Å²) in [5.74, 6) is -0.700. The molecule has 0 aliphatic carbocycles. The molecular formula is C26H25NO3. The summed E-state index contributed by atoms with van der Waals surface area (Å²) in [6.07, 6.45) is 1.72. The van der Waals surface area contributed by atoms with Gasteiger partial charge in [-0.25, -0.2) is 0 Å². The third-order valence-corrected chi connectivity index (χ3v) is 5.65. The quantitative estimate of drug-likeness (QED) is 0.589. The summed E-state index contributed by atoms with van der Waals surface area (Å²) < 4.78 is 0. The fraction of sp³-hybridized carbons (Fsp3) is 0.231. The van der Waals surface area contributed by atoms with Gasteiger partial charge in [-0.05, 0) is 23.6 Å². The number of Topliss-reactive ketones (excluding diaryl/α,β-unsaturated/α-hetero) is 1. The van der Waals surface area contributed by atoms with Crippen molar-refractivity contribution in [3.05, 3.63) is 101 Å². The molecular weight excluding hydrogens is 374 g/mol. The minimum absolute atomic E-state index is 0.245. The van der Waals surface area contributed by atoms with Gasteiger partial charge in [0.15, 0.2) is 11.4 Å². The van der Waals surface area contributed by atoms with Crippen LogP contribution in [0.1, 0.15) is 46.8 Å². The molecule has 0 fully saturated rings. The minimum Gasteiger partial charge on any atom is -0.375 e. The molecule has 1 aliphatic rings. The van der Waals surface area contributed by atoms with Crippen molar-refractivity contribution in [2.45, 2.75) is 38.3 Å². The molecule has 4 rings (SSSR count). The predicted octanol–water partition coefficient (Wildman–Crippen LogP) is 4.65. The smallest absolute Gasteiger partial charge is 0.264 e. The van der Waals surface area contributed by atoms with Crippen LogP contribution in [0.2, 0.25) is 0 Å². The first kappa shape index (κ1) is 20.0. The van der Waals surface area contributed by atoms with E-state index in [1.165, 1.54) is 5.56 Å². The standard InChI is InChI=1S/C26H25NO3/c1-2-8-19-13-15-21(16-14-19)24(28)17-26(30)22-11-6-7-12-23(22)27(25(26)29)18-20-9-4-3-5-10-20/h3-7,9-16,30H,2,8,17-18H2,1H3/t26-/m1/s1. The van der Waals surface area contributed by atoms with Gasteiger partial charge in [0, 0.05) is 11.1 Å². The van der Waals surface area contributed by atoms with E-state index in [1.54, 1.807) is 29.2 Å². The van der Waals surface area contributed by atoms with Gasteiger partial charge in [-0.1, -0.05) is 86.1 Å². The van der Waals surface area contributed by atoms with E-state index in [0.717, 1.165) is 18.4 Å². The second-order valence-electron chi connectivity index (χ2n) is 7.80. The van der Waals surface area contributed by atoms with E-state index in [4.69, 9.17) is 0 Å². The normalized spacial score (nSPS) is 17.8. The average molecular weight is 399 g/mol. The number of amides is 1. The summed E-state index contributed by atoms with van der Waals surface area (Å²) in [7, 11) is 0. The zero-order chi connectivity index (χ0) is 21.1. The van der Waals surface area contributed by atoms with E-state index < -0.39 is 11.5 Å². The van der Waals surface area contributed by atoms with Crippen LogP contribution in [0.3, 0.4) is 0 Å². The lowest BCUT2D eigenvalue weighted by molar-refractivity contribution is -0.136. The Hall–Kier alpha value is -3.24. The zero-order valence-corrected chi connectivity index (χ0v) is 17.0. The molecule has 4 nitrogen and oxygen atoms in total. The van der Waals surface area contributed by atoms with Crippen molar-refractivity contribution in [3.8, 4) is 0 Å². The van der Waals surface area contributed by atoms with Gasteiger partial charge in [-0.3, -0.25) is 9.59 Å². The molecule has 0 unspecified atom stereocenters. The number of carbonyl (C=O) groups excluding carboxylic acids is 2. The van der Waals surface area contributed by atoms with Gasteiger partial charge in [0.2, 0.25) is 0 Å². The number of ketones is 1. The molecule has 0 bridgehead atoms. The molecule has 3 aromatic carbocycles. The number of nitrogens with zero attached hydrogens (tertiary/aromatic N) is 1. The van der Waals surface area contributed by atoms with Crippen LogP contribution in [0.25, 0.3) is 0 Å². The first-order valence-corrected chi connectivity index (χ1v) is 10.3. The van der Waals surface area contributed by atoms with Gasteiger partial charge in [0.05, 0.1) is 18.7 Å². The second-order valence-corrected chi connectivity index (χ2v) is 7.80. The molecule has 30 heavy (non-hydrogen) atoms. The van der Waals surface area contributed by atoms with E-state index in [0.29, 0.717) is 23.4 Å². The largest absolute Gasteiger partial charge is 0.375 e. The van der Waals surface area contributed by atoms with Gasteiger partial charge in [-0.15, -0.1) is 0 Å². The number of fused-ring (bicyclic) bond motifs is 1. The highest BCUT2D eigenvalue weighted by Crippen LogP contribution is 2.43. The Morgan fingerprint density at radius 3 is 2.27 bits per heavy atom. The highest BCUT2D eigenvalue weighted by Gasteiger charge is 2.50. The molecule has 152 valence electrons. The number of para-hydroxylation sites is 1. The number of aryl methyl sites for hydroxylation is 1. The van der Waals surface area contributed by atoms with E-state index in [2.05, 4.69) is 6.92 Å². The number of aliphatic hydroxyl groups is 1. The molecule has 3 aromatic rings. The molecule has 1 aliphatic heterocycles. The SMILES string of the molecule is CCCc1ccc(C(=O)C[C@]2(O)C(=O)N(Cc3ccccc3)c3ccccc32)cc1. The lowest BCUT2D eigenvalue weighted by Crippen LogP contribution is -2.41. The molecule has 4 heteroatoms. The third kappa shape index (κ3) is 3.66. The monoisotopic (exact) mass is 399 g/mol. The van der Waals surface area contributed by atoms with Crippen LogP contribution in [0.5, 0.6) is 0 Å². The lowest BCUT2D eigenvalue weighted by atomic mass is 9.88. The van der Waals surface area contributed by atoms with Crippen LogP contribution in [-0.4, -0.2) is 16.8 Å². The Labute approximate surface area is 176 Å². The summed E-state index contributed by atoms with van der Waals surface area (Å²) in [5, 5.41) is 11.4. The Bertz CT molecular complexity index is 1060. The van der Waals surface area contributed by atoms with Crippen molar-refractivity contribution in [2.24, 2.45) is 0 Å². The van der Waals surface area contributed by atoms with E-state index in [-0.39, 0.29) is 12.2 Å². The number of rotatable bonds is 7. The van der Waals surface area contributed by atoms with E-state index >= 15 is 0 Å². The van der Waals surface area contributed by atoms with Crippen LogP contribution in [0, 0.1) is 0 Å². The molecule has 0 aromatic heterocycles. The Morgan fingerprint density at radius 1 is 0.900 bits per heavy atom. The summed E-state index contributed by atoms with van der Waals surface area (Å²) in [4.78, 5) is 27.9. The minimum atomic E-state index is -1.86. The van der Waals surface area contributed by atoms with Gasteiger partial charge in [0.25, 0.3) is 5.91 Å².